The molecule has 2 aliphatic rings. The van der Waals surface area contributed by atoms with Crippen molar-refractivity contribution in [3.05, 3.63) is 70.3 Å². The number of thioether (sulfide) groups is 2. The molecular weight excluding hydrogens is 697 g/mol. The van der Waals surface area contributed by atoms with Crippen LogP contribution in [0.15, 0.2) is 42.5 Å². The van der Waals surface area contributed by atoms with Gasteiger partial charge in [-0.05, 0) is 57.6 Å². The Bertz CT molecular complexity index is 1660. The molecule has 1 saturated heterocycles. The molecule has 2 unspecified atom stereocenters. The third-order valence-electron chi connectivity index (χ3n) is 8.56. The SMILES string of the molecule is COC(=O)C(C)(CSCCC(=O)CC(=O)CCSCCCOC(=O)c1ccc2c(c1)C(=O)c1ccccc1C2=O)CC(C)(C)C(=O)OCC1CO1. The largest absolute Gasteiger partial charge is 0.469 e. The predicted molar refractivity (Wildman–Crippen MR) is 192 cm³/mol. The van der Waals surface area contributed by atoms with Crippen LogP contribution >= 0.6 is 23.5 Å². The molecule has 1 aliphatic heterocycles. The van der Waals surface area contributed by atoms with Crippen LogP contribution in [0, 0.1) is 10.8 Å². The summed E-state index contributed by atoms with van der Waals surface area (Å²) in [6, 6.07) is 11.0. The average molecular weight is 741 g/mol. The van der Waals surface area contributed by atoms with Crippen molar-refractivity contribution in [2.75, 3.05) is 49.9 Å². The standard InChI is InChI=1S/C38H44O11S2/c1-37(2,35(44)49-21-27-20-48-27)22-38(3,36(45)46-4)23-51-17-13-26(40)19-25(39)12-16-50-15-7-14-47-34(43)24-10-11-30-31(18-24)33(42)29-9-6-5-8-28(29)32(30)41/h5-6,8-11,18,27H,7,12-17,19-23H2,1-4H3. The van der Waals surface area contributed by atoms with Crippen LogP contribution < -0.4 is 0 Å². The highest BCUT2D eigenvalue weighted by molar-refractivity contribution is 7.99. The molecule has 0 saturated carbocycles. The molecule has 274 valence electrons. The van der Waals surface area contributed by atoms with Crippen molar-refractivity contribution >= 4 is 64.6 Å². The summed E-state index contributed by atoms with van der Waals surface area (Å²) in [5.41, 5.74) is -0.627. The van der Waals surface area contributed by atoms with E-state index in [4.69, 9.17) is 18.9 Å². The van der Waals surface area contributed by atoms with Crippen molar-refractivity contribution in [2.45, 2.75) is 59.0 Å². The number of Topliss-reactive ketones (excluding diaryl/α,β-unsaturated/α-hetero) is 2. The first-order valence-electron chi connectivity index (χ1n) is 16.8. The summed E-state index contributed by atoms with van der Waals surface area (Å²) in [5, 5.41) is 0. The number of rotatable bonds is 21. The number of fused-ring (bicyclic) bond motifs is 2. The Morgan fingerprint density at radius 3 is 2.04 bits per heavy atom. The van der Waals surface area contributed by atoms with Crippen LogP contribution in [0.5, 0.6) is 0 Å². The number of ether oxygens (including phenoxy) is 4. The molecule has 11 nitrogen and oxygen atoms in total. The van der Waals surface area contributed by atoms with Crippen LogP contribution in [-0.2, 0) is 38.1 Å². The molecule has 0 spiro atoms. The van der Waals surface area contributed by atoms with Gasteiger partial charge in [0.05, 0.1) is 43.1 Å². The molecule has 0 bridgehead atoms. The average Bonchev–Trinajstić information content (AvgIpc) is 3.94. The van der Waals surface area contributed by atoms with Crippen molar-refractivity contribution in [2.24, 2.45) is 10.8 Å². The zero-order chi connectivity index (χ0) is 37.2. The maximum Gasteiger partial charge on any atom is 0.338 e. The van der Waals surface area contributed by atoms with Crippen molar-refractivity contribution < 1.29 is 52.5 Å². The van der Waals surface area contributed by atoms with Gasteiger partial charge in [0.25, 0.3) is 0 Å². The first-order chi connectivity index (χ1) is 24.3. The number of esters is 3. The molecular formula is C38H44O11S2. The van der Waals surface area contributed by atoms with E-state index in [1.807, 2.05) is 0 Å². The number of carbonyl (C=O) groups is 7. The summed E-state index contributed by atoms with van der Waals surface area (Å²) in [6.07, 6.45) is 0.963. The molecule has 1 heterocycles. The first-order valence-corrected chi connectivity index (χ1v) is 19.1. The minimum atomic E-state index is -0.983. The van der Waals surface area contributed by atoms with Crippen LogP contribution in [0.3, 0.4) is 0 Å². The third-order valence-corrected chi connectivity index (χ3v) is 11.0. The Morgan fingerprint density at radius 2 is 1.41 bits per heavy atom. The number of carbonyl (C=O) groups excluding carboxylic acids is 7. The number of hydrogen-bond acceptors (Lipinski definition) is 13. The van der Waals surface area contributed by atoms with Gasteiger partial charge < -0.3 is 18.9 Å². The van der Waals surface area contributed by atoms with E-state index < -0.39 is 28.7 Å². The Labute approximate surface area is 306 Å². The van der Waals surface area contributed by atoms with Crippen molar-refractivity contribution in [3.63, 3.8) is 0 Å². The Morgan fingerprint density at radius 1 is 0.804 bits per heavy atom. The lowest BCUT2D eigenvalue weighted by Gasteiger charge is -2.33. The zero-order valence-electron chi connectivity index (χ0n) is 29.4. The molecule has 1 aliphatic carbocycles. The van der Waals surface area contributed by atoms with E-state index in [0.717, 1.165) is 0 Å². The highest BCUT2D eigenvalue weighted by Gasteiger charge is 2.44. The minimum absolute atomic E-state index is 0.0570. The number of methoxy groups -OCH3 is 1. The second-order valence-corrected chi connectivity index (χ2v) is 15.9. The fourth-order valence-corrected chi connectivity index (χ4v) is 7.89. The van der Waals surface area contributed by atoms with E-state index in [-0.39, 0.29) is 84.8 Å². The van der Waals surface area contributed by atoms with Gasteiger partial charge in [-0.25, -0.2) is 4.79 Å². The monoisotopic (exact) mass is 740 g/mol. The molecule has 51 heavy (non-hydrogen) atoms. The van der Waals surface area contributed by atoms with Crippen molar-refractivity contribution in [1.82, 2.24) is 0 Å². The molecule has 2 aromatic carbocycles. The lowest BCUT2D eigenvalue weighted by atomic mass is 9.75. The Kier molecular flexibility index (Phi) is 14.2. The summed E-state index contributed by atoms with van der Waals surface area (Å²) >= 11 is 2.92. The van der Waals surface area contributed by atoms with Gasteiger partial charge in [0.2, 0.25) is 0 Å². The quantitative estimate of drug-likeness (QED) is 0.0454. The number of benzene rings is 2. The number of ketones is 4. The van der Waals surface area contributed by atoms with Crippen LogP contribution in [0.1, 0.15) is 95.1 Å². The van der Waals surface area contributed by atoms with Gasteiger partial charge in [0.15, 0.2) is 11.6 Å². The van der Waals surface area contributed by atoms with Gasteiger partial charge in [0.1, 0.15) is 24.3 Å². The fourth-order valence-electron chi connectivity index (χ4n) is 5.81. The van der Waals surface area contributed by atoms with Gasteiger partial charge in [-0.3, -0.25) is 28.8 Å². The lowest BCUT2D eigenvalue weighted by molar-refractivity contribution is -0.160. The van der Waals surface area contributed by atoms with E-state index in [9.17, 15) is 33.6 Å². The molecule has 0 N–H and O–H groups in total. The first kappa shape index (κ1) is 40.0. The van der Waals surface area contributed by atoms with Crippen LogP contribution in [-0.4, -0.2) is 97.1 Å². The molecule has 13 heteroatoms. The fraction of sp³-hybridized carbons (Fsp3) is 0.500. The van der Waals surface area contributed by atoms with E-state index in [1.165, 1.54) is 48.8 Å². The van der Waals surface area contributed by atoms with Gasteiger partial charge in [-0.1, -0.05) is 24.3 Å². The van der Waals surface area contributed by atoms with E-state index >= 15 is 0 Å². The summed E-state index contributed by atoms with van der Waals surface area (Å²) < 4.78 is 20.8. The molecule has 2 atom stereocenters. The van der Waals surface area contributed by atoms with E-state index in [1.54, 1.807) is 45.0 Å². The highest BCUT2D eigenvalue weighted by atomic mass is 32.2. The minimum Gasteiger partial charge on any atom is -0.469 e. The smallest absolute Gasteiger partial charge is 0.338 e. The highest BCUT2D eigenvalue weighted by Crippen LogP contribution is 2.39. The molecule has 0 aromatic heterocycles. The summed E-state index contributed by atoms with van der Waals surface area (Å²) in [7, 11) is 1.30. The Hall–Kier alpha value is -3.81. The predicted octanol–water partition coefficient (Wildman–Crippen LogP) is 5.32. The molecule has 0 radical (unpaired) electrons. The molecule has 1 fully saturated rings. The molecule has 0 amide bonds. The lowest BCUT2D eigenvalue weighted by Crippen LogP contribution is -2.40. The van der Waals surface area contributed by atoms with Crippen molar-refractivity contribution in [1.29, 1.82) is 0 Å². The third kappa shape index (κ3) is 11.1. The normalized spacial score (nSPS) is 16.0. The Balaban J connectivity index is 1.08. The van der Waals surface area contributed by atoms with Crippen molar-refractivity contribution in [3.8, 4) is 0 Å². The van der Waals surface area contributed by atoms with Crippen LogP contribution in [0.4, 0.5) is 0 Å². The second kappa shape index (κ2) is 18.1. The van der Waals surface area contributed by atoms with Gasteiger partial charge >= 0.3 is 17.9 Å². The zero-order valence-corrected chi connectivity index (χ0v) is 31.0. The summed E-state index contributed by atoms with van der Waals surface area (Å²) in [5.74, 6) is -0.421. The molecule has 2 aromatic rings. The van der Waals surface area contributed by atoms with Crippen LogP contribution in [0.25, 0.3) is 0 Å². The molecule has 4 rings (SSSR count). The van der Waals surface area contributed by atoms with E-state index in [0.29, 0.717) is 47.2 Å². The maximum absolute atomic E-state index is 12.9. The summed E-state index contributed by atoms with van der Waals surface area (Å²) in [6.45, 7) is 6.10. The van der Waals surface area contributed by atoms with Gasteiger partial charge in [-0.15, -0.1) is 0 Å². The second-order valence-electron chi connectivity index (χ2n) is 13.5. The number of epoxide rings is 1. The van der Waals surface area contributed by atoms with Crippen LogP contribution in [0.2, 0.25) is 0 Å². The topological polar surface area (TPSA) is 160 Å². The van der Waals surface area contributed by atoms with Gasteiger partial charge in [-0.2, -0.15) is 23.5 Å². The maximum atomic E-state index is 12.9. The van der Waals surface area contributed by atoms with E-state index in [2.05, 4.69) is 0 Å². The van der Waals surface area contributed by atoms with Gasteiger partial charge in [0, 0.05) is 52.4 Å². The summed E-state index contributed by atoms with van der Waals surface area (Å²) in [4.78, 5) is 88.5. The number of hydrogen-bond donors (Lipinski definition) is 0.